The van der Waals surface area contributed by atoms with Gasteiger partial charge in [0.2, 0.25) is 6.10 Å². The highest BCUT2D eigenvalue weighted by Crippen LogP contribution is 2.29. The number of hydrogen-bond donors (Lipinski definition) is 2. The third-order valence-electron chi connectivity index (χ3n) is 3.77. The Kier molecular flexibility index (Phi) is 7.35. The monoisotopic (exact) mass is 408 g/mol. The first-order valence-electron chi connectivity index (χ1n) is 8.70. The number of imide groups is 1. The quantitative estimate of drug-likeness (QED) is 0.718. The largest absolute Gasteiger partial charge is 0.447 e. The highest BCUT2D eigenvalue weighted by molar-refractivity contribution is 5.97. The SMILES string of the molecule is CCNC(=O)NC(=O)[C@@H](OC(=O)Cc1cccc(C(F)(F)F)c1)c1ccccc1. The molecule has 1 atom stereocenters. The number of halogens is 3. The minimum atomic E-state index is -4.54. The van der Waals surface area contributed by atoms with E-state index in [1.54, 1.807) is 25.1 Å². The molecule has 0 saturated heterocycles. The van der Waals surface area contributed by atoms with Crippen LogP contribution in [0.1, 0.15) is 29.7 Å². The van der Waals surface area contributed by atoms with Crippen LogP contribution in [0.15, 0.2) is 54.6 Å². The van der Waals surface area contributed by atoms with Gasteiger partial charge in [0.1, 0.15) is 0 Å². The summed E-state index contributed by atoms with van der Waals surface area (Å²) >= 11 is 0. The van der Waals surface area contributed by atoms with Crippen molar-refractivity contribution in [1.29, 1.82) is 0 Å². The second kappa shape index (κ2) is 9.72. The van der Waals surface area contributed by atoms with Crippen LogP contribution in [0.25, 0.3) is 0 Å². The van der Waals surface area contributed by atoms with Gasteiger partial charge in [0.15, 0.2) is 0 Å². The molecule has 6 nitrogen and oxygen atoms in total. The lowest BCUT2D eigenvalue weighted by Crippen LogP contribution is -2.42. The normalized spacial score (nSPS) is 12.0. The maximum absolute atomic E-state index is 12.8. The van der Waals surface area contributed by atoms with E-state index in [0.717, 1.165) is 12.1 Å². The van der Waals surface area contributed by atoms with Crippen molar-refractivity contribution < 1.29 is 32.3 Å². The molecule has 0 radical (unpaired) electrons. The molecule has 2 aromatic rings. The molecule has 0 saturated carbocycles. The molecule has 0 aliphatic carbocycles. The van der Waals surface area contributed by atoms with Crippen LogP contribution >= 0.6 is 0 Å². The molecular weight excluding hydrogens is 389 g/mol. The molecule has 0 spiro atoms. The van der Waals surface area contributed by atoms with Gasteiger partial charge in [-0.25, -0.2) is 4.79 Å². The molecule has 0 fully saturated rings. The van der Waals surface area contributed by atoms with Crippen molar-refractivity contribution in [3.8, 4) is 0 Å². The predicted molar refractivity (Wildman–Crippen MR) is 97.6 cm³/mol. The van der Waals surface area contributed by atoms with Crippen molar-refractivity contribution in [2.75, 3.05) is 6.54 Å². The molecule has 29 heavy (non-hydrogen) atoms. The molecule has 0 bridgehead atoms. The second-order valence-electron chi connectivity index (χ2n) is 6.00. The Balaban J connectivity index is 2.15. The van der Waals surface area contributed by atoms with E-state index >= 15 is 0 Å². The number of nitrogens with one attached hydrogen (secondary N) is 2. The first-order valence-corrected chi connectivity index (χ1v) is 8.70. The zero-order valence-electron chi connectivity index (χ0n) is 15.5. The summed E-state index contributed by atoms with van der Waals surface area (Å²) in [5, 5.41) is 4.44. The third-order valence-corrected chi connectivity index (χ3v) is 3.77. The van der Waals surface area contributed by atoms with Crippen LogP contribution in [-0.4, -0.2) is 24.5 Å². The zero-order valence-corrected chi connectivity index (χ0v) is 15.5. The number of alkyl halides is 3. The maximum atomic E-state index is 12.8. The van der Waals surface area contributed by atoms with E-state index in [0.29, 0.717) is 5.56 Å². The van der Waals surface area contributed by atoms with Gasteiger partial charge >= 0.3 is 18.2 Å². The van der Waals surface area contributed by atoms with Crippen molar-refractivity contribution >= 4 is 17.9 Å². The molecule has 0 aromatic heterocycles. The Hall–Kier alpha value is -3.36. The number of benzene rings is 2. The second-order valence-corrected chi connectivity index (χ2v) is 6.00. The summed E-state index contributed by atoms with van der Waals surface area (Å²) in [6.45, 7) is 1.94. The summed E-state index contributed by atoms with van der Waals surface area (Å²) in [7, 11) is 0. The van der Waals surface area contributed by atoms with E-state index in [-0.39, 0.29) is 12.1 Å². The molecule has 2 aromatic carbocycles. The molecular formula is C20H19F3N2O4. The lowest BCUT2D eigenvalue weighted by molar-refractivity contribution is -0.155. The maximum Gasteiger partial charge on any atom is 0.416 e. The Morgan fingerprint density at radius 1 is 1.03 bits per heavy atom. The summed E-state index contributed by atoms with van der Waals surface area (Å²) in [6.07, 6.45) is -6.45. The highest BCUT2D eigenvalue weighted by atomic mass is 19.4. The van der Waals surface area contributed by atoms with Crippen LogP contribution < -0.4 is 10.6 Å². The fourth-order valence-corrected chi connectivity index (χ4v) is 2.48. The van der Waals surface area contributed by atoms with Crippen molar-refractivity contribution in [3.63, 3.8) is 0 Å². The van der Waals surface area contributed by atoms with Crippen LogP contribution in [0.3, 0.4) is 0 Å². The Morgan fingerprint density at radius 2 is 1.72 bits per heavy atom. The predicted octanol–water partition coefficient (Wildman–Crippen LogP) is 3.38. The molecule has 2 rings (SSSR count). The first kappa shape index (κ1) is 21.9. The van der Waals surface area contributed by atoms with Crippen molar-refractivity contribution in [1.82, 2.24) is 10.6 Å². The average molecular weight is 408 g/mol. The lowest BCUT2D eigenvalue weighted by Gasteiger charge is -2.18. The van der Waals surface area contributed by atoms with Crippen LogP contribution in [-0.2, 0) is 26.9 Å². The summed E-state index contributed by atoms with van der Waals surface area (Å²) in [4.78, 5) is 36.3. The average Bonchev–Trinajstić information content (AvgIpc) is 2.66. The topological polar surface area (TPSA) is 84.5 Å². The molecule has 154 valence electrons. The third kappa shape index (κ3) is 6.63. The van der Waals surface area contributed by atoms with Crippen LogP contribution in [0.5, 0.6) is 0 Å². The number of ether oxygens (including phenoxy) is 1. The zero-order chi connectivity index (χ0) is 21.4. The van der Waals surface area contributed by atoms with Gasteiger partial charge in [-0.05, 0) is 18.6 Å². The van der Waals surface area contributed by atoms with E-state index in [9.17, 15) is 27.6 Å². The van der Waals surface area contributed by atoms with E-state index in [1.807, 2.05) is 0 Å². The number of carbonyl (C=O) groups is 3. The Morgan fingerprint density at radius 3 is 2.34 bits per heavy atom. The molecule has 2 N–H and O–H groups in total. The smallest absolute Gasteiger partial charge is 0.416 e. The van der Waals surface area contributed by atoms with E-state index in [4.69, 9.17) is 4.74 Å². The standard InChI is InChI=1S/C20H19F3N2O4/c1-2-24-19(28)25-18(27)17(14-8-4-3-5-9-14)29-16(26)12-13-7-6-10-15(11-13)20(21,22)23/h3-11,17H,2,12H2,1H3,(H2,24,25,27,28)/t17-/m0/s1. The van der Waals surface area contributed by atoms with Gasteiger partial charge in [0.05, 0.1) is 12.0 Å². The van der Waals surface area contributed by atoms with E-state index in [1.165, 1.54) is 24.3 Å². The van der Waals surface area contributed by atoms with Crippen LogP contribution in [0.2, 0.25) is 0 Å². The fraction of sp³-hybridized carbons (Fsp3) is 0.250. The number of hydrogen-bond acceptors (Lipinski definition) is 4. The summed E-state index contributed by atoms with van der Waals surface area (Å²) in [5.74, 6) is -1.79. The molecule has 0 aliphatic heterocycles. The molecule has 0 aliphatic rings. The first-order chi connectivity index (χ1) is 13.7. The minimum Gasteiger partial charge on any atom is -0.447 e. The van der Waals surface area contributed by atoms with Crippen LogP contribution in [0.4, 0.5) is 18.0 Å². The highest BCUT2D eigenvalue weighted by Gasteiger charge is 2.31. The van der Waals surface area contributed by atoms with Gasteiger partial charge in [-0.3, -0.25) is 14.9 Å². The van der Waals surface area contributed by atoms with E-state index < -0.39 is 42.2 Å². The van der Waals surface area contributed by atoms with Crippen molar-refractivity contribution in [2.24, 2.45) is 0 Å². The fourth-order valence-electron chi connectivity index (χ4n) is 2.48. The lowest BCUT2D eigenvalue weighted by atomic mass is 10.1. The van der Waals surface area contributed by atoms with Crippen molar-refractivity contribution in [3.05, 3.63) is 71.3 Å². The Labute approximate surface area is 165 Å². The van der Waals surface area contributed by atoms with Gasteiger partial charge in [-0.2, -0.15) is 13.2 Å². The molecule has 0 unspecified atom stereocenters. The summed E-state index contributed by atoms with van der Waals surface area (Å²) in [5.41, 5.74) is -0.496. The van der Waals surface area contributed by atoms with Gasteiger partial charge in [-0.1, -0.05) is 48.5 Å². The summed E-state index contributed by atoms with van der Waals surface area (Å²) in [6, 6.07) is 11.5. The molecule has 3 amide bonds. The Bertz CT molecular complexity index is 870. The minimum absolute atomic E-state index is 0.0840. The molecule has 9 heteroatoms. The van der Waals surface area contributed by atoms with E-state index in [2.05, 4.69) is 10.6 Å². The van der Waals surface area contributed by atoms with Gasteiger partial charge in [0, 0.05) is 12.1 Å². The van der Waals surface area contributed by atoms with Crippen LogP contribution in [0, 0.1) is 0 Å². The molecule has 0 heterocycles. The van der Waals surface area contributed by atoms with Gasteiger partial charge < -0.3 is 10.1 Å². The summed E-state index contributed by atoms with van der Waals surface area (Å²) < 4.78 is 43.7. The number of esters is 1. The van der Waals surface area contributed by atoms with Crippen molar-refractivity contribution in [2.45, 2.75) is 25.6 Å². The number of amides is 3. The number of rotatable bonds is 6. The number of urea groups is 1. The van der Waals surface area contributed by atoms with Gasteiger partial charge in [-0.15, -0.1) is 0 Å². The van der Waals surface area contributed by atoms with Gasteiger partial charge in [0.25, 0.3) is 5.91 Å². The number of carbonyl (C=O) groups excluding carboxylic acids is 3.